The lowest BCUT2D eigenvalue weighted by Crippen LogP contribution is -2.49. The Balaban J connectivity index is 0.00000379. The Morgan fingerprint density at radius 1 is 0.893 bits per heavy atom. The first-order chi connectivity index (χ1) is 26.7. The van der Waals surface area contributed by atoms with E-state index in [4.69, 9.17) is 11.5 Å². The number of rotatable bonds is 19. The van der Waals surface area contributed by atoms with Crippen molar-refractivity contribution >= 4 is 23.6 Å². The summed E-state index contributed by atoms with van der Waals surface area (Å²) in [6.07, 6.45) is 3.56. The van der Waals surface area contributed by atoms with Crippen molar-refractivity contribution in [2.75, 3.05) is 32.8 Å². The van der Waals surface area contributed by atoms with Gasteiger partial charge in [-0.05, 0) is 67.5 Å². The number of nitrogens with one attached hydrogen (secondary N) is 3. The van der Waals surface area contributed by atoms with Gasteiger partial charge in [0, 0.05) is 56.1 Å². The number of aromatic nitrogens is 1. The van der Waals surface area contributed by atoms with E-state index in [1.54, 1.807) is 12.3 Å². The van der Waals surface area contributed by atoms with Crippen LogP contribution in [0.5, 0.6) is 0 Å². The molecule has 0 aliphatic carbocycles. The minimum Gasteiger partial charge on any atom is -0.387 e. The molecule has 3 rings (SSSR count). The van der Waals surface area contributed by atoms with Crippen molar-refractivity contribution < 1.29 is 33.1 Å². The third-order valence-electron chi connectivity index (χ3n) is 8.61. The number of nitrogens with two attached hydrogens (primary N) is 2. The molecule has 0 fully saturated rings. The summed E-state index contributed by atoms with van der Waals surface area (Å²) in [7, 11) is 0. The van der Waals surface area contributed by atoms with Crippen LogP contribution in [0.3, 0.4) is 0 Å². The quantitative estimate of drug-likeness (QED) is 0.0922. The number of carbonyl (C=O) groups excluding carboxylic acids is 4. The van der Waals surface area contributed by atoms with E-state index in [1.165, 1.54) is 11.8 Å². The second-order valence-corrected chi connectivity index (χ2v) is 13.9. The van der Waals surface area contributed by atoms with E-state index in [0.29, 0.717) is 43.6 Å². The second kappa shape index (κ2) is 25.5. The minimum atomic E-state index is -1.04. The van der Waals surface area contributed by atoms with Crippen molar-refractivity contribution in [2.45, 2.75) is 106 Å². The van der Waals surface area contributed by atoms with E-state index in [9.17, 15) is 28.7 Å². The Hall–Kier alpha value is -4.66. The summed E-state index contributed by atoms with van der Waals surface area (Å²) in [5.74, 6) is -3.01. The van der Waals surface area contributed by atoms with E-state index in [1.807, 2.05) is 83.4 Å². The Kier molecular flexibility index (Phi) is 22.5. The zero-order chi connectivity index (χ0) is 42.4. The molecule has 0 saturated heterocycles. The Morgan fingerprint density at radius 2 is 1.52 bits per heavy atom. The standard InChI is InChI=1S/C38H53F2N7O5.2C2H6/c1-25(49)45-32(12-8-9-16-41)37(52)44-18-17-43-36(51)31(42)15-19-47(34(50)24-48)35(38(2,3)4)33-20-27(29-21-28(39)13-14-30(29)40)23-46(33)22-26-10-6-5-7-11-26;2*1-2/h5-7,10-11,13-14,20-21,23,31-32,35,48H,8-9,12,15-19,22,24,41-42H2,1-4H3,(H,43,51)(H,44,52)(H,45,49);2*1-2H3. The second-order valence-electron chi connectivity index (χ2n) is 13.9. The Morgan fingerprint density at radius 3 is 2.09 bits per heavy atom. The van der Waals surface area contributed by atoms with Crippen molar-refractivity contribution in [2.24, 2.45) is 16.9 Å². The van der Waals surface area contributed by atoms with Crippen LogP contribution in [-0.4, -0.2) is 83.1 Å². The highest BCUT2D eigenvalue weighted by atomic mass is 19.1. The van der Waals surface area contributed by atoms with Crippen molar-refractivity contribution in [3.05, 3.63) is 83.7 Å². The zero-order valence-corrected chi connectivity index (χ0v) is 34.5. The van der Waals surface area contributed by atoms with Gasteiger partial charge in [-0.15, -0.1) is 0 Å². The van der Waals surface area contributed by atoms with Crippen LogP contribution < -0.4 is 27.4 Å². The monoisotopic (exact) mass is 786 g/mol. The smallest absolute Gasteiger partial charge is 0.248 e. The van der Waals surface area contributed by atoms with Gasteiger partial charge in [0.05, 0.1) is 12.1 Å². The zero-order valence-electron chi connectivity index (χ0n) is 34.5. The van der Waals surface area contributed by atoms with Crippen LogP contribution in [0.25, 0.3) is 11.1 Å². The SMILES string of the molecule is CC.CC.CC(=O)NC(CCCCN)C(=O)NCCNC(=O)C(N)CCN(C(=O)CO)C(c1cc(-c2cc(F)ccc2F)cn1Cc1ccccc1)C(C)(C)C. The molecular weight excluding hydrogens is 721 g/mol. The van der Waals surface area contributed by atoms with E-state index >= 15 is 4.39 Å². The summed E-state index contributed by atoms with van der Waals surface area (Å²) >= 11 is 0. The molecule has 3 atom stereocenters. The lowest BCUT2D eigenvalue weighted by molar-refractivity contribution is -0.140. The number of unbranched alkanes of at least 4 members (excludes halogenated alkanes) is 1. The summed E-state index contributed by atoms with van der Waals surface area (Å²) in [6.45, 7) is 15.3. The molecule has 1 aromatic heterocycles. The molecular formula is C42H65F2N7O5. The third kappa shape index (κ3) is 15.8. The van der Waals surface area contributed by atoms with E-state index in [2.05, 4.69) is 16.0 Å². The topological polar surface area (TPSA) is 185 Å². The molecule has 0 aliphatic heterocycles. The molecule has 3 aromatic rings. The lowest BCUT2D eigenvalue weighted by Gasteiger charge is -2.41. The molecule has 3 unspecified atom stereocenters. The highest BCUT2D eigenvalue weighted by molar-refractivity contribution is 5.87. The molecule has 12 nitrogen and oxygen atoms in total. The number of carbonyl (C=O) groups is 4. The number of aliphatic hydroxyl groups excluding tert-OH is 1. The van der Waals surface area contributed by atoms with Gasteiger partial charge < -0.3 is 42.0 Å². The Bertz CT molecular complexity index is 1650. The van der Waals surface area contributed by atoms with Gasteiger partial charge >= 0.3 is 0 Å². The number of hydrogen-bond donors (Lipinski definition) is 6. The minimum absolute atomic E-state index is 0.00593. The van der Waals surface area contributed by atoms with Crippen LogP contribution in [0.2, 0.25) is 0 Å². The van der Waals surface area contributed by atoms with E-state index in [0.717, 1.165) is 23.8 Å². The third-order valence-corrected chi connectivity index (χ3v) is 8.61. The predicted molar refractivity (Wildman–Crippen MR) is 218 cm³/mol. The molecule has 312 valence electrons. The summed E-state index contributed by atoms with van der Waals surface area (Å²) in [4.78, 5) is 52.1. The van der Waals surface area contributed by atoms with Gasteiger partial charge in [0.15, 0.2) is 0 Å². The predicted octanol–water partition coefficient (Wildman–Crippen LogP) is 5.03. The molecule has 8 N–H and O–H groups in total. The highest BCUT2D eigenvalue weighted by Gasteiger charge is 2.37. The van der Waals surface area contributed by atoms with Gasteiger partial charge in [-0.3, -0.25) is 19.2 Å². The number of hydrogen-bond acceptors (Lipinski definition) is 7. The highest BCUT2D eigenvalue weighted by Crippen LogP contribution is 2.41. The average Bonchev–Trinajstić information content (AvgIpc) is 3.58. The van der Waals surface area contributed by atoms with Gasteiger partial charge in [-0.1, -0.05) is 78.8 Å². The van der Waals surface area contributed by atoms with Crippen LogP contribution >= 0.6 is 0 Å². The molecule has 0 spiro atoms. The van der Waals surface area contributed by atoms with Gasteiger partial charge in [0.25, 0.3) is 0 Å². The fourth-order valence-corrected chi connectivity index (χ4v) is 6.14. The van der Waals surface area contributed by atoms with Crippen LogP contribution in [0, 0.1) is 17.0 Å². The summed E-state index contributed by atoms with van der Waals surface area (Å²) in [5.41, 5.74) is 13.2. The molecule has 0 radical (unpaired) electrons. The van der Waals surface area contributed by atoms with Crippen molar-refractivity contribution in [3.63, 3.8) is 0 Å². The molecule has 0 saturated carbocycles. The fraction of sp³-hybridized carbons (Fsp3) is 0.524. The van der Waals surface area contributed by atoms with Crippen molar-refractivity contribution in [1.29, 1.82) is 0 Å². The molecule has 56 heavy (non-hydrogen) atoms. The van der Waals surface area contributed by atoms with Crippen LogP contribution in [-0.2, 0) is 25.7 Å². The largest absolute Gasteiger partial charge is 0.387 e. The molecule has 4 amide bonds. The first-order valence-electron chi connectivity index (χ1n) is 19.5. The van der Waals surface area contributed by atoms with Crippen molar-refractivity contribution in [1.82, 2.24) is 25.4 Å². The van der Waals surface area contributed by atoms with Gasteiger partial charge in [-0.25, -0.2) is 8.78 Å². The van der Waals surface area contributed by atoms with Crippen LogP contribution in [0.15, 0.2) is 60.8 Å². The van der Waals surface area contributed by atoms with Gasteiger partial charge in [-0.2, -0.15) is 0 Å². The van der Waals surface area contributed by atoms with Gasteiger partial charge in [0.2, 0.25) is 23.6 Å². The number of halogens is 2. The number of benzene rings is 2. The lowest BCUT2D eigenvalue weighted by atomic mass is 9.82. The number of nitrogens with zero attached hydrogens (tertiary/aromatic N) is 2. The van der Waals surface area contributed by atoms with Crippen molar-refractivity contribution in [3.8, 4) is 11.1 Å². The number of amides is 4. The average molecular weight is 786 g/mol. The van der Waals surface area contributed by atoms with Crippen LogP contribution in [0.4, 0.5) is 8.78 Å². The normalized spacial score (nSPS) is 12.4. The fourth-order valence-electron chi connectivity index (χ4n) is 6.14. The Labute approximate surface area is 331 Å². The van der Waals surface area contributed by atoms with E-state index < -0.39 is 53.6 Å². The summed E-state index contributed by atoms with van der Waals surface area (Å²) in [6, 6.07) is 12.1. The first-order valence-corrected chi connectivity index (χ1v) is 19.5. The first kappa shape index (κ1) is 49.4. The summed E-state index contributed by atoms with van der Waals surface area (Å²) in [5, 5.41) is 18.1. The molecule has 0 bridgehead atoms. The number of aliphatic hydroxyl groups is 1. The van der Waals surface area contributed by atoms with E-state index in [-0.39, 0.29) is 43.4 Å². The molecule has 1 heterocycles. The maximum atomic E-state index is 15.0. The van der Waals surface area contributed by atoms with Gasteiger partial charge in [0.1, 0.15) is 24.3 Å². The molecule has 14 heteroatoms. The maximum Gasteiger partial charge on any atom is 0.248 e. The summed E-state index contributed by atoms with van der Waals surface area (Å²) < 4.78 is 31.2. The van der Waals surface area contributed by atoms with Crippen LogP contribution in [0.1, 0.15) is 98.4 Å². The molecule has 2 aromatic carbocycles. The molecule has 0 aliphatic rings. The maximum absolute atomic E-state index is 15.0.